The number of benzene rings is 1. The van der Waals surface area contributed by atoms with Gasteiger partial charge in [-0.3, -0.25) is 0 Å². The normalized spacial score (nSPS) is 21.0. The van der Waals surface area contributed by atoms with Gasteiger partial charge in [0.1, 0.15) is 6.61 Å². The fourth-order valence-electron chi connectivity index (χ4n) is 3.34. The van der Waals surface area contributed by atoms with Crippen LogP contribution in [0.1, 0.15) is 38.7 Å². The van der Waals surface area contributed by atoms with E-state index in [0.29, 0.717) is 24.6 Å². The van der Waals surface area contributed by atoms with Crippen LogP contribution in [0, 0.1) is 5.92 Å². The summed E-state index contributed by atoms with van der Waals surface area (Å²) in [4.78, 5) is 14.1. The van der Waals surface area contributed by atoms with Crippen LogP contribution in [0.15, 0.2) is 30.3 Å². The van der Waals surface area contributed by atoms with Gasteiger partial charge in [0.05, 0.1) is 0 Å². The van der Waals surface area contributed by atoms with Crippen LogP contribution in [0.5, 0.6) is 0 Å². The van der Waals surface area contributed by atoms with Crippen LogP contribution in [0.2, 0.25) is 0 Å². The topological polar surface area (TPSA) is 53.6 Å². The largest absolute Gasteiger partial charge is 0.445 e. The number of amides is 1. The lowest BCUT2D eigenvalue weighted by atomic mass is 9.85. The molecule has 2 N–H and O–H groups in total. The molecule has 0 spiro atoms. The molecule has 1 fully saturated rings. The van der Waals surface area contributed by atoms with E-state index in [4.69, 9.17) is 4.74 Å². The van der Waals surface area contributed by atoms with Crippen LogP contribution in [0.4, 0.5) is 4.79 Å². The molecule has 1 aliphatic rings. The zero-order valence-electron chi connectivity index (χ0n) is 16.0. The molecule has 25 heavy (non-hydrogen) atoms. The first-order valence-electron chi connectivity index (χ1n) is 9.30. The van der Waals surface area contributed by atoms with Crippen LogP contribution in [-0.4, -0.2) is 49.8 Å². The second-order valence-corrected chi connectivity index (χ2v) is 7.83. The number of rotatable bonds is 9. The van der Waals surface area contributed by atoms with Crippen LogP contribution in [0.3, 0.4) is 0 Å². The van der Waals surface area contributed by atoms with Crippen molar-refractivity contribution in [2.24, 2.45) is 5.92 Å². The van der Waals surface area contributed by atoms with Gasteiger partial charge in [-0.1, -0.05) is 44.2 Å². The Labute approximate surface area is 152 Å². The van der Waals surface area contributed by atoms with E-state index in [0.717, 1.165) is 24.9 Å². The van der Waals surface area contributed by atoms with Crippen molar-refractivity contribution in [1.29, 1.82) is 0 Å². The van der Waals surface area contributed by atoms with Gasteiger partial charge in [-0.2, -0.15) is 0 Å². The molecule has 0 aromatic heterocycles. The highest BCUT2D eigenvalue weighted by Crippen LogP contribution is 2.22. The summed E-state index contributed by atoms with van der Waals surface area (Å²) < 4.78 is 5.28. The van der Waals surface area contributed by atoms with Gasteiger partial charge < -0.3 is 20.3 Å². The van der Waals surface area contributed by atoms with Crippen LogP contribution < -0.4 is 10.6 Å². The van der Waals surface area contributed by atoms with E-state index in [9.17, 15) is 4.79 Å². The van der Waals surface area contributed by atoms with Crippen molar-refractivity contribution in [3.8, 4) is 0 Å². The maximum absolute atomic E-state index is 11.9. The van der Waals surface area contributed by atoms with E-state index < -0.39 is 0 Å². The lowest BCUT2D eigenvalue weighted by molar-refractivity contribution is 0.123. The lowest BCUT2D eigenvalue weighted by Gasteiger charge is -2.39. The van der Waals surface area contributed by atoms with Crippen molar-refractivity contribution in [2.45, 2.75) is 57.8 Å². The molecule has 2 rings (SSSR count). The van der Waals surface area contributed by atoms with Crippen molar-refractivity contribution < 1.29 is 9.53 Å². The number of carbonyl (C=O) groups is 1. The Kier molecular flexibility index (Phi) is 7.72. The summed E-state index contributed by atoms with van der Waals surface area (Å²) in [5, 5.41) is 6.70. The maximum Gasteiger partial charge on any atom is 0.407 e. The molecule has 0 radical (unpaired) electrons. The van der Waals surface area contributed by atoms with E-state index in [1.165, 1.54) is 6.42 Å². The standard InChI is InChI=1S/C20H33N3O2/c1-15(2)10-19(13-23(3)4)21-17-11-18(12-17)22-20(24)25-14-16-8-6-5-7-9-16/h5-9,15,17-19,21H,10-14H2,1-4H3,(H,22,24). The van der Waals surface area contributed by atoms with E-state index in [1.54, 1.807) is 0 Å². The van der Waals surface area contributed by atoms with Crippen molar-refractivity contribution >= 4 is 6.09 Å². The van der Waals surface area contributed by atoms with E-state index >= 15 is 0 Å². The summed E-state index contributed by atoms with van der Waals surface area (Å²) >= 11 is 0. The first kappa shape index (κ1) is 19.7. The summed E-state index contributed by atoms with van der Waals surface area (Å²) in [6.07, 6.45) is 2.80. The van der Waals surface area contributed by atoms with E-state index in [-0.39, 0.29) is 12.1 Å². The van der Waals surface area contributed by atoms with Crippen LogP contribution in [0.25, 0.3) is 0 Å². The van der Waals surface area contributed by atoms with Crippen molar-refractivity contribution in [2.75, 3.05) is 20.6 Å². The third-order valence-corrected chi connectivity index (χ3v) is 4.49. The highest BCUT2D eigenvalue weighted by Gasteiger charge is 2.32. The molecule has 5 nitrogen and oxygen atoms in total. The van der Waals surface area contributed by atoms with E-state index in [2.05, 4.69) is 43.5 Å². The zero-order chi connectivity index (χ0) is 18.2. The number of hydrogen-bond donors (Lipinski definition) is 2. The molecule has 1 aliphatic carbocycles. The molecule has 0 bridgehead atoms. The maximum atomic E-state index is 11.9. The predicted molar refractivity (Wildman–Crippen MR) is 102 cm³/mol. The second-order valence-electron chi connectivity index (χ2n) is 7.83. The minimum atomic E-state index is -0.320. The number of ether oxygens (including phenoxy) is 1. The highest BCUT2D eigenvalue weighted by molar-refractivity contribution is 5.67. The number of nitrogens with zero attached hydrogens (tertiary/aromatic N) is 1. The first-order chi connectivity index (χ1) is 11.9. The van der Waals surface area contributed by atoms with Gasteiger partial charge in [-0.15, -0.1) is 0 Å². The van der Waals surface area contributed by atoms with Gasteiger partial charge in [0.25, 0.3) is 0 Å². The molecule has 1 atom stereocenters. The third kappa shape index (κ3) is 7.45. The summed E-state index contributed by atoms with van der Waals surface area (Å²) in [6, 6.07) is 11.0. The van der Waals surface area contributed by atoms with E-state index in [1.807, 2.05) is 30.3 Å². The average Bonchev–Trinajstić information content (AvgIpc) is 2.50. The summed E-state index contributed by atoms with van der Waals surface area (Å²) in [5.41, 5.74) is 1.01. The molecule has 1 aromatic carbocycles. The highest BCUT2D eigenvalue weighted by atomic mass is 16.5. The summed E-state index contributed by atoms with van der Waals surface area (Å²) in [7, 11) is 4.23. The first-order valence-corrected chi connectivity index (χ1v) is 9.30. The van der Waals surface area contributed by atoms with Crippen LogP contribution in [-0.2, 0) is 11.3 Å². The van der Waals surface area contributed by atoms with Crippen molar-refractivity contribution in [3.63, 3.8) is 0 Å². The average molecular weight is 348 g/mol. The smallest absolute Gasteiger partial charge is 0.407 e. The van der Waals surface area contributed by atoms with Crippen LogP contribution >= 0.6 is 0 Å². The Morgan fingerprint density at radius 2 is 1.88 bits per heavy atom. The van der Waals surface area contributed by atoms with Crippen molar-refractivity contribution in [3.05, 3.63) is 35.9 Å². The molecule has 1 aromatic rings. The fraction of sp³-hybridized carbons (Fsp3) is 0.650. The number of likely N-dealkylation sites (N-methyl/N-ethyl adjacent to an activating group) is 1. The quantitative estimate of drug-likeness (QED) is 0.721. The molecule has 0 saturated heterocycles. The number of alkyl carbamates (subject to hydrolysis) is 1. The molecular formula is C20H33N3O2. The minimum Gasteiger partial charge on any atom is -0.445 e. The Balaban J connectivity index is 1.64. The molecule has 0 heterocycles. The van der Waals surface area contributed by atoms with Gasteiger partial charge >= 0.3 is 6.09 Å². The lowest BCUT2D eigenvalue weighted by Crippen LogP contribution is -2.56. The van der Waals surface area contributed by atoms with Gasteiger partial charge in [-0.05, 0) is 44.8 Å². The Morgan fingerprint density at radius 3 is 2.48 bits per heavy atom. The number of carbonyl (C=O) groups excluding carboxylic acids is 1. The fourth-order valence-corrected chi connectivity index (χ4v) is 3.34. The molecule has 0 aliphatic heterocycles. The SMILES string of the molecule is CC(C)CC(CN(C)C)NC1CC(NC(=O)OCc2ccccc2)C1. The minimum absolute atomic E-state index is 0.222. The number of hydrogen-bond acceptors (Lipinski definition) is 4. The van der Waals surface area contributed by atoms with Gasteiger partial charge in [0, 0.05) is 24.7 Å². The molecule has 1 amide bonds. The van der Waals surface area contributed by atoms with Gasteiger partial charge in [0.15, 0.2) is 0 Å². The monoisotopic (exact) mass is 347 g/mol. The summed E-state index contributed by atoms with van der Waals surface area (Å²) in [5.74, 6) is 0.680. The molecule has 1 unspecified atom stereocenters. The van der Waals surface area contributed by atoms with Gasteiger partial charge in [0.2, 0.25) is 0 Å². The third-order valence-electron chi connectivity index (χ3n) is 4.49. The summed E-state index contributed by atoms with van der Waals surface area (Å²) in [6.45, 7) is 5.89. The molecule has 5 heteroatoms. The molecular weight excluding hydrogens is 314 g/mol. The van der Waals surface area contributed by atoms with Crippen molar-refractivity contribution in [1.82, 2.24) is 15.5 Å². The van der Waals surface area contributed by atoms with Gasteiger partial charge in [-0.25, -0.2) is 4.79 Å². The Hall–Kier alpha value is -1.59. The number of nitrogens with one attached hydrogen (secondary N) is 2. The molecule has 140 valence electrons. The second kappa shape index (κ2) is 9.78. The Morgan fingerprint density at radius 1 is 1.20 bits per heavy atom. The molecule has 1 saturated carbocycles. The zero-order valence-corrected chi connectivity index (χ0v) is 16.0. The Bertz CT molecular complexity index is 503. The predicted octanol–water partition coefficient (Wildman–Crippen LogP) is 3.01.